The molecular weight excluding hydrogens is 262 g/mol. The van der Waals surface area contributed by atoms with Crippen molar-refractivity contribution in [3.63, 3.8) is 0 Å². The van der Waals surface area contributed by atoms with Crippen molar-refractivity contribution in [1.29, 1.82) is 0 Å². The van der Waals surface area contributed by atoms with E-state index < -0.39 is 24.5 Å². The van der Waals surface area contributed by atoms with Gasteiger partial charge in [-0.25, -0.2) is 4.39 Å². The fourth-order valence-corrected chi connectivity index (χ4v) is 1.67. The molecule has 0 aliphatic carbocycles. The topological polar surface area (TPSA) is 32.3 Å². The van der Waals surface area contributed by atoms with Gasteiger partial charge in [0.2, 0.25) is 0 Å². The Kier molecular flexibility index (Phi) is 6.24. The quantitative estimate of drug-likeness (QED) is 0.593. The summed E-state index contributed by atoms with van der Waals surface area (Å²) in [5.41, 5.74) is 0.185. The van der Waals surface area contributed by atoms with Gasteiger partial charge in [-0.2, -0.15) is 13.2 Å². The molecule has 1 rings (SSSR count). The van der Waals surface area contributed by atoms with Gasteiger partial charge in [0.25, 0.3) is 0 Å². The second-order valence-corrected chi connectivity index (χ2v) is 4.31. The van der Waals surface area contributed by atoms with Gasteiger partial charge in [-0.1, -0.05) is 18.2 Å². The molecule has 0 radical (unpaired) electrons. The molecule has 1 atom stereocenters. The van der Waals surface area contributed by atoms with Crippen LogP contribution in [-0.2, 0) is 0 Å². The Morgan fingerprint density at radius 2 is 1.84 bits per heavy atom. The summed E-state index contributed by atoms with van der Waals surface area (Å²) in [7, 11) is 0. The second kappa shape index (κ2) is 7.45. The lowest BCUT2D eigenvalue weighted by Gasteiger charge is -2.13. The van der Waals surface area contributed by atoms with E-state index in [1.807, 2.05) is 0 Å². The number of hydrogen-bond donors (Lipinski definition) is 2. The van der Waals surface area contributed by atoms with Crippen molar-refractivity contribution in [1.82, 2.24) is 5.32 Å². The first kappa shape index (κ1) is 15.9. The highest BCUT2D eigenvalue weighted by atomic mass is 19.4. The molecule has 0 bridgehead atoms. The Morgan fingerprint density at radius 3 is 2.47 bits per heavy atom. The van der Waals surface area contributed by atoms with Crippen molar-refractivity contribution < 1.29 is 22.7 Å². The van der Waals surface area contributed by atoms with Crippen molar-refractivity contribution >= 4 is 0 Å². The highest BCUT2D eigenvalue weighted by Crippen LogP contribution is 2.22. The molecule has 1 aromatic rings. The Labute approximate surface area is 109 Å². The molecule has 0 spiro atoms. The minimum absolute atomic E-state index is 0.0479. The standard InChI is InChI=1S/C13H17F4NO/c14-11-6-2-1-5-10(11)12(19)9-18-8-4-3-7-13(15,16)17/h1-2,5-6,12,18-19H,3-4,7-9H2. The molecule has 108 valence electrons. The van der Waals surface area contributed by atoms with Gasteiger partial charge in [0, 0.05) is 18.5 Å². The Bertz CT molecular complexity index is 381. The molecule has 1 unspecified atom stereocenters. The van der Waals surface area contributed by atoms with Crippen molar-refractivity contribution in [3.05, 3.63) is 35.6 Å². The lowest BCUT2D eigenvalue weighted by atomic mass is 10.1. The van der Waals surface area contributed by atoms with Crippen molar-refractivity contribution in [3.8, 4) is 0 Å². The monoisotopic (exact) mass is 279 g/mol. The van der Waals surface area contributed by atoms with Crippen molar-refractivity contribution in [2.75, 3.05) is 13.1 Å². The summed E-state index contributed by atoms with van der Waals surface area (Å²) < 4.78 is 48.9. The third kappa shape index (κ3) is 6.54. The lowest BCUT2D eigenvalue weighted by molar-refractivity contribution is -0.135. The Morgan fingerprint density at radius 1 is 1.16 bits per heavy atom. The number of aliphatic hydroxyl groups is 1. The average Bonchev–Trinajstić information content (AvgIpc) is 2.32. The fourth-order valence-electron chi connectivity index (χ4n) is 1.67. The van der Waals surface area contributed by atoms with Crippen LogP contribution in [0.1, 0.15) is 30.9 Å². The minimum Gasteiger partial charge on any atom is -0.387 e. The molecule has 0 heterocycles. The number of benzene rings is 1. The summed E-state index contributed by atoms with van der Waals surface area (Å²) >= 11 is 0. The molecule has 0 fully saturated rings. The minimum atomic E-state index is -4.12. The van der Waals surface area contributed by atoms with Crippen LogP contribution in [0.2, 0.25) is 0 Å². The summed E-state index contributed by atoms with van der Waals surface area (Å²) in [5.74, 6) is -0.492. The highest BCUT2D eigenvalue weighted by Gasteiger charge is 2.25. The zero-order chi connectivity index (χ0) is 14.3. The predicted octanol–water partition coefficient (Wildman–Crippen LogP) is 3.18. The summed E-state index contributed by atoms with van der Waals surface area (Å²) in [6.07, 6.45) is -5.50. The largest absolute Gasteiger partial charge is 0.389 e. The molecule has 2 nitrogen and oxygen atoms in total. The zero-order valence-corrected chi connectivity index (χ0v) is 10.4. The van der Waals surface area contributed by atoms with E-state index >= 15 is 0 Å². The van der Waals surface area contributed by atoms with Crippen LogP contribution in [0.25, 0.3) is 0 Å². The van der Waals surface area contributed by atoms with E-state index in [2.05, 4.69) is 5.32 Å². The first-order valence-electron chi connectivity index (χ1n) is 6.10. The van der Waals surface area contributed by atoms with Crippen LogP contribution < -0.4 is 5.32 Å². The van der Waals surface area contributed by atoms with Gasteiger partial charge in [0.1, 0.15) is 5.82 Å². The van der Waals surface area contributed by atoms with E-state index in [4.69, 9.17) is 0 Å². The van der Waals surface area contributed by atoms with Crippen LogP contribution in [-0.4, -0.2) is 24.4 Å². The third-order valence-electron chi connectivity index (χ3n) is 2.67. The van der Waals surface area contributed by atoms with E-state index in [0.717, 1.165) is 0 Å². The molecule has 0 aliphatic heterocycles. The Hall–Kier alpha value is -1.14. The zero-order valence-electron chi connectivity index (χ0n) is 10.4. The second-order valence-electron chi connectivity index (χ2n) is 4.31. The lowest BCUT2D eigenvalue weighted by Crippen LogP contribution is -2.23. The molecule has 0 aliphatic rings. The maximum atomic E-state index is 13.3. The van der Waals surface area contributed by atoms with E-state index in [-0.39, 0.29) is 18.5 Å². The predicted molar refractivity (Wildman–Crippen MR) is 64.1 cm³/mol. The van der Waals surface area contributed by atoms with Gasteiger partial charge in [0.15, 0.2) is 0 Å². The molecule has 0 aromatic heterocycles. The molecular formula is C13H17F4NO. The average molecular weight is 279 g/mol. The smallest absolute Gasteiger partial charge is 0.387 e. The Balaban J connectivity index is 2.18. The maximum Gasteiger partial charge on any atom is 0.389 e. The molecule has 19 heavy (non-hydrogen) atoms. The maximum absolute atomic E-state index is 13.3. The molecule has 6 heteroatoms. The van der Waals surface area contributed by atoms with E-state index in [1.165, 1.54) is 18.2 Å². The van der Waals surface area contributed by atoms with Gasteiger partial charge < -0.3 is 10.4 Å². The number of nitrogens with one attached hydrogen (secondary N) is 1. The number of aliphatic hydroxyl groups excluding tert-OH is 1. The SMILES string of the molecule is OC(CNCCCCC(F)(F)F)c1ccccc1F. The van der Waals surface area contributed by atoms with Crippen LogP contribution >= 0.6 is 0 Å². The fraction of sp³-hybridized carbons (Fsp3) is 0.538. The first-order chi connectivity index (χ1) is 8.90. The van der Waals surface area contributed by atoms with Crippen molar-refractivity contribution in [2.45, 2.75) is 31.5 Å². The van der Waals surface area contributed by atoms with Crippen molar-refractivity contribution in [2.24, 2.45) is 0 Å². The molecule has 0 amide bonds. The summed E-state index contributed by atoms with van der Waals surface area (Å²) in [6, 6.07) is 5.87. The molecule has 0 saturated heterocycles. The van der Waals surface area contributed by atoms with Gasteiger partial charge in [-0.15, -0.1) is 0 Å². The number of unbranched alkanes of at least 4 members (excludes halogenated alkanes) is 1. The van der Waals surface area contributed by atoms with Crippen LogP contribution in [0.5, 0.6) is 0 Å². The van der Waals surface area contributed by atoms with Crippen LogP contribution in [0.15, 0.2) is 24.3 Å². The summed E-state index contributed by atoms with van der Waals surface area (Å²) in [5, 5.41) is 12.5. The number of alkyl halides is 3. The normalized spacial score (nSPS) is 13.5. The molecule has 2 N–H and O–H groups in total. The van der Waals surface area contributed by atoms with Gasteiger partial charge >= 0.3 is 6.18 Å². The number of rotatable bonds is 7. The molecule has 0 saturated carbocycles. The summed E-state index contributed by atoms with van der Waals surface area (Å²) in [4.78, 5) is 0. The van der Waals surface area contributed by atoms with E-state index in [0.29, 0.717) is 13.0 Å². The third-order valence-corrected chi connectivity index (χ3v) is 2.67. The number of halogens is 4. The van der Waals surface area contributed by atoms with Gasteiger partial charge in [0.05, 0.1) is 6.10 Å². The highest BCUT2D eigenvalue weighted by molar-refractivity contribution is 5.19. The van der Waals surface area contributed by atoms with Crippen LogP contribution in [0, 0.1) is 5.82 Å². The number of hydrogen-bond acceptors (Lipinski definition) is 2. The molecule has 1 aromatic carbocycles. The van der Waals surface area contributed by atoms with Crippen LogP contribution in [0.4, 0.5) is 17.6 Å². The van der Waals surface area contributed by atoms with E-state index in [1.54, 1.807) is 6.07 Å². The van der Waals surface area contributed by atoms with Gasteiger partial charge in [-0.3, -0.25) is 0 Å². The first-order valence-corrected chi connectivity index (χ1v) is 6.10. The van der Waals surface area contributed by atoms with E-state index in [9.17, 15) is 22.7 Å². The van der Waals surface area contributed by atoms with Crippen LogP contribution in [0.3, 0.4) is 0 Å². The van der Waals surface area contributed by atoms with Gasteiger partial charge in [-0.05, 0) is 25.5 Å². The summed E-state index contributed by atoms with van der Waals surface area (Å²) in [6.45, 7) is 0.481.